The lowest BCUT2D eigenvalue weighted by atomic mass is 9.81. The Hall–Kier alpha value is -1.64. The summed E-state index contributed by atoms with van der Waals surface area (Å²) in [6, 6.07) is 6.56. The quantitative estimate of drug-likeness (QED) is 0.436. The van der Waals surface area contributed by atoms with Crippen molar-refractivity contribution in [3.05, 3.63) is 29.3 Å². The van der Waals surface area contributed by atoms with Crippen LogP contribution in [0.1, 0.15) is 25.0 Å². The number of hydrogen-bond donors (Lipinski definition) is 0. The second kappa shape index (κ2) is 3.99. The highest BCUT2D eigenvalue weighted by Gasteiger charge is 2.43. The minimum Gasteiger partial charge on any atom is -0.399 e. The van der Waals surface area contributed by atoms with E-state index in [1.54, 1.807) is 13.3 Å². The molecule has 0 spiro atoms. The molecule has 90 valence electrons. The molecule has 0 radical (unpaired) electrons. The van der Waals surface area contributed by atoms with E-state index in [0.29, 0.717) is 0 Å². The Morgan fingerprint density at radius 3 is 2.71 bits per heavy atom. The Morgan fingerprint density at radius 1 is 1.35 bits per heavy atom. The molecule has 0 amide bonds. The molecule has 3 nitrogen and oxygen atoms in total. The second-order valence-electron chi connectivity index (χ2n) is 5.01. The van der Waals surface area contributed by atoms with Gasteiger partial charge >= 0.3 is 0 Å². The predicted molar refractivity (Wildman–Crippen MR) is 70.6 cm³/mol. The lowest BCUT2D eigenvalue weighted by molar-refractivity contribution is -0.400. The predicted octanol–water partition coefficient (Wildman–Crippen LogP) is 2.63. The van der Waals surface area contributed by atoms with Crippen LogP contribution in [0.4, 0.5) is 5.69 Å². The van der Waals surface area contributed by atoms with Crippen LogP contribution in [0.5, 0.6) is 0 Å². The van der Waals surface area contributed by atoms with Crippen LogP contribution in [0, 0.1) is 6.92 Å². The van der Waals surface area contributed by atoms with Gasteiger partial charge in [0.15, 0.2) is 0 Å². The molecule has 0 aromatic heterocycles. The van der Waals surface area contributed by atoms with Gasteiger partial charge in [0.1, 0.15) is 20.4 Å². The van der Waals surface area contributed by atoms with Crippen molar-refractivity contribution < 1.29 is 9.41 Å². The first-order valence-corrected chi connectivity index (χ1v) is 5.77. The molecule has 1 heterocycles. The first-order chi connectivity index (χ1) is 7.98. The Labute approximate surface area is 102 Å². The summed E-state index contributed by atoms with van der Waals surface area (Å²) in [5.74, 6) is 0. The van der Waals surface area contributed by atoms with Crippen molar-refractivity contribution in [1.82, 2.24) is 0 Å². The maximum Gasteiger partial charge on any atom is 0.213 e. The van der Waals surface area contributed by atoms with Crippen LogP contribution in [0.15, 0.2) is 23.4 Å². The van der Waals surface area contributed by atoms with Crippen molar-refractivity contribution in [2.75, 3.05) is 14.2 Å². The number of benzene rings is 1. The van der Waals surface area contributed by atoms with E-state index in [9.17, 15) is 0 Å². The summed E-state index contributed by atoms with van der Waals surface area (Å²) in [6.07, 6.45) is 1.80. The van der Waals surface area contributed by atoms with Gasteiger partial charge in [-0.25, -0.2) is 0 Å². The molecule has 0 saturated carbocycles. The van der Waals surface area contributed by atoms with Crippen LogP contribution in [0.3, 0.4) is 0 Å². The smallest absolute Gasteiger partial charge is 0.213 e. The number of fused-ring (bicyclic) bond motifs is 1. The van der Waals surface area contributed by atoms with Gasteiger partial charge in [-0.1, -0.05) is 16.8 Å². The molecule has 0 fully saturated rings. The SMILES string of the molecule is CON=CC1=[N+](C)c2ccc(C)cc2C1(C)C. The van der Waals surface area contributed by atoms with Gasteiger partial charge in [-0.05, 0) is 26.8 Å². The number of aryl methyl sites for hydroxylation is 1. The Kier molecular flexibility index (Phi) is 2.77. The second-order valence-corrected chi connectivity index (χ2v) is 5.01. The van der Waals surface area contributed by atoms with Gasteiger partial charge in [0.05, 0.1) is 5.41 Å². The molecule has 17 heavy (non-hydrogen) atoms. The third-order valence-corrected chi connectivity index (χ3v) is 3.47. The molecule has 1 aromatic rings. The Morgan fingerprint density at radius 2 is 2.06 bits per heavy atom. The van der Waals surface area contributed by atoms with E-state index in [1.165, 1.54) is 16.8 Å². The maximum absolute atomic E-state index is 4.79. The minimum absolute atomic E-state index is 0.0296. The van der Waals surface area contributed by atoms with Gasteiger partial charge in [-0.2, -0.15) is 4.58 Å². The molecule has 1 aromatic carbocycles. The minimum atomic E-state index is -0.0296. The molecule has 3 heteroatoms. The molecule has 1 aliphatic rings. The molecule has 0 bridgehead atoms. The van der Waals surface area contributed by atoms with Crippen molar-refractivity contribution in [3.63, 3.8) is 0 Å². The maximum atomic E-state index is 4.79. The highest BCUT2D eigenvalue weighted by molar-refractivity contribution is 6.33. The summed E-state index contributed by atoms with van der Waals surface area (Å²) < 4.78 is 2.18. The Balaban J connectivity index is 2.59. The molecular weight excluding hydrogens is 212 g/mol. The summed E-state index contributed by atoms with van der Waals surface area (Å²) in [6.45, 7) is 6.55. The normalized spacial score (nSPS) is 17.7. The fraction of sp³-hybridized carbons (Fsp3) is 0.429. The molecular formula is C14H19N2O+. The van der Waals surface area contributed by atoms with Crippen molar-refractivity contribution in [2.45, 2.75) is 26.2 Å². The topological polar surface area (TPSA) is 24.6 Å². The molecule has 1 aliphatic heterocycles. The number of rotatable bonds is 2. The van der Waals surface area contributed by atoms with Gasteiger partial charge < -0.3 is 4.84 Å². The zero-order valence-electron chi connectivity index (χ0n) is 11.1. The highest BCUT2D eigenvalue weighted by atomic mass is 16.6. The average Bonchev–Trinajstić information content (AvgIpc) is 2.45. The van der Waals surface area contributed by atoms with Gasteiger partial charge in [-0.15, -0.1) is 0 Å². The van der Waals surface area contributed by atoms with Crippen molar-refractivity contribution >= 4 is 17.6 Å². The zero-order chi connectivity index (χ0) is 12.6. The summed E-state index contributed by atoms with van der Waals surface area (Å²) in [7, 11) is 3.64. The summed E-state index contributed by atoms with van der Waals surface area (Å²) >= 11 is 0. The standard InChI is InChI=1S/C14H19N2O/c1-10-6-7-12-11(8-10)14(2,3)13(16(12)4)9-15-17-5/h6-9H,1-5H3/q+1. The van der Waals surface area contributed by atoms with E-state index in [-0.39, 0.29) is 5.41 Å². The molecule has 0 N–H and O–H groups in total. The largest absolute Gasteiger partial charge is 0.399 e. The summed E-state index contributed by atoms with van der Waals surface area (Å²) in [5, 5.41) is 3.90. The monoisotopic (exact) mass is 231 g/mol. The molecule has 0 saturated heterocycles. The van der Waals surface area contributed by atoms with E-state index in [1.807, 2.05) is 0 Å². The van der Waals surface area contributed by atoms with Crippen molar-refractivity contribution in [2.24, 2.45) is 5.16 Å². The molecule has 0 aliphatic carbocycles. The third kappa shape index (κ3) is 1.75. The van der Waals surface area contributed by atoms with Crippen LogP contribution in [0.25, 0.3) is 0 Å². The molecule has 0 atom stereocenters. The van der Waals surface area contributed by atoms with E-state index in [2.05, 4.69) is 55.7 Å². The molecule has 0 unspecified atom stereocenters. The van der Waals surface area contributed by atoms with Crippen molar-refractivity contribution in [3.8, 4) is 0 Å². The lowest BCUT2D eigenvalue weighted by Gasteiger charge is -2.15. The Bertz CT molecular complexity index is 513. The van der Waals surface area contributed by atoms with Crippen LogP contribution in [-0.4, -0.2) is 30.7 Å². The highest BCUT2D eigenvalue weighted by Crippen LogP contribution is 2.38. The number of oxime groups is 1. The summed E-state index contributed by atoms with van der Waals surface area (Å²) in [4.78, 5) is 4.79. The van der Waals surface area contributed by atoms with Crippen LogP contribution >= 0.6 is 0 Å². The number of hydrogen-bond acceptors (Lipinski definition) is 2. The number of nitrogens with zero attached hydrogens (tertiary/aromatic N) is 2. The molecule has 2 rings (SSSR count). The van der Waals surface area contributed by atoms with Gasteiger partial charge in [-0.3, -0.25) is 0 Å². The van der Waals surface area contributed by atoms with Crippen LogP contribution in [0.2, 0.25) is 0 Å². The lowest BCUT2D eigenvalue weighted by Crippen LogP contribution is -2.29. The van der Waals surface area contributed by atoms with E-state index in [4.69, 9.17) is 4.84 Å². The van der Waals surface area contributed by atoms with Crippen LogP contribution < -0.4 is 0 Å². The van der Waals surface area contributed by atoms with Crippen LogP contribution in [-0.2, 0) is 10.3 Å². The van der Waals surface area contributed by atoms with Crippen molar-refractivity contribution in [1.29, 1.82) is 0 Å². The van der Waals surface area contributed by atoms with E-state index >= 15 is 0 Å². The van der Waals surface area contributed by atoms with Gasteiger partial charge in [0.25, 0.3) is 0 Å². The van der Waals surface area contributed by atoms with E-state index in [0.717, 1.165) is 5.71 Å². The van der Waals surface area contributed by atoms with Gasteiger partial charge in [0, 0.05) is 11.6 Å². The average molecular weight is 231 g/mol. The van der Waals surface area contributed by atoms with Gasteiger partial charge in [0.2, 0.25) is 11.4 Å². The van der Waals surface area contributed by atoms with E-state index < -0.39 is 0 Å². The first kappa shape index (κ1) is 11.8. The first-order valence-electron chi connectivity index (χ1n) is 5.77. The fourth-order valence-electron chi connectivity index (χ4n) is 2.48. The third-order valence-electron chi connectivity index (χ3n) is 3.47. The zero-order valence-corrected chi connectivity index (χ0v) is 11.1. The fourth-order valence-corrected chi connectivity index (χ4v) is 2.48. The summed E-state index contributed by atoms with van der Waals surface area (Å²) in [5.41, 5.74) is 5.00.